The summed E-state index contributed by atoms with van der Waals surface area (Å²) in [4.78, 5) is 0. The number of sulfone groups is 1. The molecule has 2 nitrogen and oxygen atoms in total. The SMILES string of the molecule is CC(C)CC=C(Cl)S(C)(=O)=O. The maximum Gasteiger partial charge on any atom is 0.185 e. The van der Waals surface area contributed by atoms with E-state index < -0.39 is 9.84 Å². The molecular formula is C7H13ClO2S. The van der Waals surface area contributed by atoms with Crippen molar-refractivity contribution in [3.05, 3.63) is 10.4 Å². The van der Waals surface area contributed by atoms with Crippen LogP contribution in [0.3, 0.4) is 0 Å². The molecule has 11 heavy (non-hydrogen) atoms. The van der Waals surface area contributed by atoms with Gasteiger partial charge in [0, 0.05) is 6.26 Å². The molecule has 0 aromatic heterocycles. The van der Waals surface area contributed by atoms with Crippen LogP contribution in [-0.4, -0.2) is 14.7 Å². The van der Waals surface area contributed by atoms with E-state index in [0.717, 1.165) is 6.26 Å². The van der Waals surface area contributed by atoms with E-state index in [2.05, 4.69) is 0 Å². The molecule has 0 atom stereocenters. The zero-order valence-corrected chi connectivity index (χ0v) is 8.54. The van der Waals surface area contributed by atoms with Crippen molar-refractivity contribution in [3.8, 4) is 0 Å². The Kier molecular flexibility index (Phi) is 4.11. The van der Waals surface area contributed by atoms with E-state index in [4.69, 9.17) is 11.6 Å². The van der Waals surface area contributed by atoms with E-state index in [0.29, 0.717) is 12.3 Å². The van der Waals surface area contributed by atoms with Gasteiger partial charge in [0.1, 0.15) is 4.36 Å². The molecule has 4 heteroatoms. The van der Waals surface area contributed by atoms with Crippen LogP contribution in [0, 0.1) is 5.92 Å². The number of hydrogen-bond acceptors (Lipinski definition) is 2. The van der Waals surface area contributed by atoms with Crippen molar-refractivity contribution < 1.29 is 8.42 Å². The normalized spacial score (nSPS) is 14.1. The average molecular weight is 197 g/mol. The Morgan fingerprint density at radius 1 is 1.55 bits per heavy atom. The number of halogens is 1. The Morgan fingerprint density at radius 2 is 2.00 bits per heavy atom. The van der Waals surface area contributed by atoms with Gasteiger partial charge < -0.3 is 0 Å². The highest BCUT2D eigenvalue weighted by Gasteiger charge is 2.06. The minimum Gasteiger partial charge on any atom is -0.223 e. The summed E-state index contributed by atoms with van der Waals surface area (Å²) in [6.07, 6.45) is 3.35. The van der Waals surface area contributed by atoms with Crippen LogP contribution in [0.4, 0.5) is 0 Å². The van der Waals surface area contributed by atoms with Crippen LogP contribution in [0.2, 0.25) is 0 Å². The Bertz CT molecular complexity index is 239. The summed E-state index contributed by atoms with van der Waals surface area (Å²) in [7, 11) is -3.17. The molecule has 0 aromatic carbocycles. The van der Waals surface area contributed by atoms with Crippen molar-refractivity contribution >= 4 is 21.4 Å². The standard InChI is InChI=1S/C7H13ClO2S/c1-6(2)4-5-7(8)11(3,9)10/h5-6H,4H2,1-3H3. The molecule has 0 amide bonds. The van der Waals surface area contributed by atoms with E-state index >= 15 is 0 Å². The zero-order chi connectivity index (χ0) is 9.07. The largest absolute Gasteiger partial charge is 0.223 e. The molecule has 0 spiro atoms. The highest BCUT2D eigenvalue weighted by molar-refractivity contribution is 7.96. The molecule has 0 aliphatic carbocycles. The first-order valence-corrected chi connectivity index (χ1v) is 5.66. The minimum absolute atomic E-state index is 0.0498. The summed E-state index contributed by atoms with van der Waals surface area (Å²) in [5.41, 5.74) is 0. The van der Waals surface area contributed by atoms with Crippen molar-refractivity contribution in [1.29, 1.82) is 0 Å². The van der Waals surface area contributed by atoms with Crippen LogP contribution in [0.5, 0.6) is 0 Å². The topological polar surface area (TPSA) is 34.1 Å². The predicted molar refractivity (Wildman–Crippen MR) is 48.2 cm³/mol. The summed E-state index contributed by atoms with van der Waals surface area (Å²) in [5, 5.41) is 0. The van der Waals surface area contributed by atoms with Gasteiger partial charge in [0.15, 0.2) is 9.84 Å². The van der Waals surface area contributed by atoms with Gasteiger partial charge >= 0.3 is 0 Å². The van der Waals surface area contributed by atoms with Gasteiger partial charge in [-0.05, 0) is 12.3 Å². The van der Waals surface area contributed by atoms with Crippen LogP contribution in [0.1, 0.15) is 20.3 Å². The van der Waals surface area contributed by atoms with Crippen molar-refractivity contribution in [2.24, 2.45) is 5.92 Å². The summed E-state index contributed by atoms with van der Waals surface area (Å²) >= 11 is 5.47. The maximum atomic E-state index is 10.7. The lowest BCUT2D eigenvalue weighted by Gasteiger charge is -1.98. The lowest BCUT2D eigenvalue weighted by atomic mass is 10.1. The third-order valence-electron chi connectivity index (χ3n) is 1.10. The molecule has 0 saturated heterocycles. The monoisotopic (exact) mass is 196 g/mol. The molecule has 0 unspecified atom stereocenters. The molecule has 0 aromatic rings. The summed E-state index contributed by atoms with van der Waals surface area (Å²) in [6.45, 7) is 4.01. The first kappa shape index (κ1) is 11.0. The van der Waals surface area contributed by atoms with Crippen LogP contribution < -0.4 is 0 Å². The second kappa shape index (κ2) is 4.12. The minimum atomic E-state index is -3.17. The summed E-state index contributed by atoms with van der Waals surface area (Å²) in [6, 6.07) is 0. The van der Waals surface area contributed by atoms with Crippen LogP contribution in [0.15, 0.2) is 10.4 Å². The smallest absolute Gasteiger partial charge is 0.185 e. The molecular weight excluding hydrogens is 184 g/mol. The second-order valence-electron chi connectivity index (χ2n) is 2.91. The Balaban J connectivity index is 4.26. The fourth-order valence-corrected chi connectivity index (χ4v) is 0.968. The first-order chi connectivity index (χ1) is 4.84. The summed E-state index contributed by atoms with van der Waals surface area (Å²) in [5.74, 6) is 0.436. The highest BCUT2D eigenvalue weighted by atomic mass is 35.5. The summed E-state index contributed by atoms with van der Waals surface area (Å²) < 4.78 is 21.4. The van der Waals surface area contributed by atoms with Crippen LogP contribution in [0.25, 0.3) is 0 Å². The first-order valence-electron chi connectivity index (χ1n) is 3.39. The molecule has 0 N–H and O–H groups in total. The van der Waals surface area contributed by atoms with Gasteiger partial charge in [-0.1, -0.05) is 31.5 Å². The van der Waals surface area contributed by atoms with Gasteiger partial charge in [-0.15, -0.1) is 0 Å². The van der Waals surface area contributed by atoms with E-state index in [1.54, 1.807) is 6.08 Å². The molecule has 0 bridgehead atoms. The molecule has 0 saturated carbocycles. The third kappa shape index (κ3) is 5.27. The van der Waals surface area contributed by atoms with Gasteiger partial charge in [-0.2, -0.15) is 0 Å². The molecule has 0 rings (SSSR count). The zero-order valence-electron chi connectivity index (χ0n) is 6.96. The Hall–Kier alpha value is -0.0200. The quantitative estimate of drug-likeness (QED) is 0.693. The third-order valence-corrected chi connectivity index (χ3v) is 2.97. The van der Waals surface area contributed by atoms with Gasteiger partial charge in [0.05, 0.1) is 0 Å². The van der Waals surface area contributed by atoms with E-state index in [1.807, 2.05) is 13.8 Å². The predicted octanol–water partition coefficient (Wildman–Crippen LogP) is 2.16. The van der Waals surface area contributed by atoms with Gasteiger partial charge in [0.2, 0.25) is 0 Å². The van der Waals surface area contributed by atoms with Crippen molar-refractivity contribution in [2.75, 3.05) is 6.26 Å². The molecule has 0 fully saturated rings. The van der Waals surface area contributed by atoms with Gasteiger partial charge in [0.25, 0.3) is 0 Å². The van der Waals surface area contributed by atoms with Gasteiger partial charge in [-0.25, -0.2) is 8.42 Å². The van der Waals surface area contributed by atoms with Crippen LogP contribution in [-0.2, 0) is 9.84 Å². The number of hydrogen-bond donors (Lipinski definition) is 0. The van der Waals surface area contributed by atoms with Crippen molar-refractivity contribution in [1.82, 2.24) is 0 Å². The maximum absolute atomic E-state index is 10.7. The number of allylic oxidation sites excluding steroid dienone is 1. The Morgan fingerprint density at radius 3 is 2.27 bits per heavy atom. The van der Waals surface area contributed by atoms with E-state index in [1.165, 1.54) is 0 Å². The second-order valence-corrected chi connectivity index (χ2v) is 5.53. The average Bonchev–Trinajstić information content (AvgIpc) is 1.80. The fourth-order valence-electron chi connectivity index (χ4n) is 0.480. The molecule has 0 aliphatic rings. The molecule has 0 aliphatic heterocycles. The fraction of sp³-hybridized carbons (Fsp3) is 0.714. The molecule has 0 radical (unpaired) electrons. The molecule has 0 heterocycles. The highest BCUT2D eigenvalue weighted by Crippen LogP contribution is 2.12. The lowest BCUT2D eigenvalue weighted by molar-refractivity contribution is 0.608. The van der Waals surface area contributed by atoms with E-state index in [9.17, 15) is 8.42 Å². The van der Waals surface area contributed by atoms with Gasteiger partial charge in [-0.3, -0.25) is 0 Å². The van der Waals surface area contributed by atoms with Crippen LogP contribution >= 0.6 is 11.6 Å². The van der Waals surface area contributed by atoms with Crippen molar-refractivity contribution in [2.45, 2.75) is 20.3 Å². The lowest BCUT2D eigenvalue weighted by Crippen LogP contribution is -1.95. The number of rotatable bonds is 3. The van der Waals surface area contributed by atoms with E-state index in [-0.39, 0.29) is 4.36 Å². The Labute approximate surface area is 73.2 Å². The molecule has 66 valence electrons. The van der Waals surface area contributed by atoms with Crippen molar-refractivity contribution in [3.63, 3.8) is 0 Å².